The first kappa shape index (κ1) is 14.1. The third-order valence-corrected chi connectivity index (χ3v) is 3.52. The molecular formula is C15H25N3O. The van der Waals surface area contributed by atoms with E-state index in [9.17, 15) is 0 Å². The van der Waals surface area contributed by atoms with Gasteiger partial charge in [0.1, 0.15) is 5.82 Å². The zero-order valence-corrected chi connectivity index (χ0v) is 12.1. The van der Waals surface area contributed by atoms with Crippen molar-refractivity contribution < 1.29 is 4.74 Å². The Labute approximate surface area is 116 Å². The molecule has 1 saturated heterocycles. The molecule has 1 aliphatic rings. The van der Waals surface area contributed by atoms with Crippen LogP contribution in [-0.4, -0.2) is 37.8 Å². The van der Waals surface area contributed by atoms with Gasteiger partial charge in [0.05, 0.1) is 25.1 Å². The smallest absolute Gasteiger partial charge is 0.128 e. The third-order valence-electron chi connectivity index (χ3n) is 3.52. The predicted molar refractivity (Wildman–Crippen MR) is 79.8 cm³/mol. The van der Waals surface area contributed by atoms with Crippen LogP contribution in [0.5, 0.6) is 0 Å². The SMILES string of the molecule is CCCC(C)CNc1ccc(N2CCOCC2)nc1. The van der Waals surface area contributed by atoms with Crippen molar-refractivity contribution in [3.8, 4) is 0 Å². The molecule has 0 radical (unpaired) electrons. The van der Waals surface area contributed by atoms with Crippen LogP contribution in [0.4, 0.5) is 11.5 Å². The van der Waals surface area contributed by atoms with Crippen molar-refractivity contribution in [2.24, 2.45) is 5.92 Å². The summed E-state index contributed by atoms with van der Waals surface area (Å²) in [5.41, 5.74) is 1.11. The lowest BCUT2D eigenvalue weighted by molar-refractivity contribution is 0.122. The van der Waals surface area contributed by atoms with Gasteiger partial charge in [0.2, 0.25) is 0 Å². The van der Waals surface area contributed by atoms with Crippen molar-refractivity contribution in [2.75, 3.05) is 43.1 Å². The van der Waals surface area contributed by atoms with Gasteiger partial charge >= 0.3 is 0 Å². The summed E-state index contributed by atoms with van der Waals surface area (Å²) in [6.07, 6.45) is 4.45. The Morgan fingerprint density at radius 2 is 2.16 bits per heavy atom. The summed E-state index contributed by atoms with van der Waals surface area (Å²) in [6, 6.07) is 4.22. The molecule has 1 aromatic rings. The lowest BCUT2D eigenvalue weighted by Crippen LogP contribution is -2.36. The van der Waals surface area contributed by atoms with Crippen LogP contribution in [0.2, 0.25) is 0 Å². The van der Waals surface area contributed by atoms with E-state index in [1.54, 1.807) is 0 Å². The van der Waals surface area contributed by atoms with E-state index in [1.165, 1.54) is 12.8 Å². The number of nitrogens with one attached hydrogen (secondary N) is 1. The fraction of sp³-hybridized carbons (Fsp3) is 0.667. The maximum absolute atomic E-state index is 5.35. The molecule has 0 aromatic carbocycles. The Morgan fingerprint density at radius 1 is 1.37 bits per heavy atom. The Kier molecular flexibility index (Phi) is 5.45. The third kappa shape index (κ3) is 4.39. The number of anilines is 2. The van der Waals surface area contributed by atoms with E-state index in [-0.39, 0.29) is 0 Å². The highest BCUT2D eigenvalue weighted by Crippen LogP contribution is 2.16. The number of hydrogen-bond donors (Lipinski definition) is 1. The van der Waals surface area contributed by atoms with Crippen LogP contribution in [0, 0.1) is 5.92 Å². The van der Waals surface area contributed by atoms with Gasteiger partial charge in [-0.3, -0.25) is 0 Å². The first-order valence-electron chi connectivity index (χ1n) is 7.32. The van der Waals surface area contributed by atoms with Crippen molar-refractivity contribution in [1.29, 1.82) is 0 Å². The van der Waals surface area contributed by atoms with Gasteiger partial charge in [-0.1, -0.05) is 20.3 Å². The van der Waals surface area contributed by atoms with E-state index in [1.807, 2.05) is 6.20 Å². The van der Waals surface area contributed by atoms with E-state index in [2.05, 4.69) is 41.2 Å². The van der Waals surface area contributed by atoms with Crippen molar-refractivity contribution >= 4 is 11.5 Å². The molecule has 1 aliphatic heterocycles. The molecule has 0 aliphatic carbocycles. The Balaban J connectivity index is 1.83. The fourth-order valence-electron chi connectivity index (χ4n) is 2.36. The number of hydrogen-bond acceptors (Lipinski definition) is 4. The topological polar surface area (TPSA) is 37.4 Å². The number of pyridine rings is 1. The molecule has 4 nitrogen and oxygen atoms in total. The quantitative estimate of drug-likeness (QED) is 0.856. The maximum atomic E-state index is 5.35. The van der Waals surface area contributed by atoms with E-state index < -0.39 is 0 Å². The molecule has 0 amide bonds. The fourth-order valence-corrected chi connectivity index (χ4v) is 2.36. The first-order chi connectivity index (χ1) is 9.29. The van der Waals surface area contributed by atoms with Crippen molar-refractivity contribution in [3.63, 3.8) is 0 Å². The lowest BCUT2D eigenvalue weighted by atomic mass is 10.1. The molecule has 2 heterocycles. The van der Waals surface area contributed by atoms with Crippen LogP contribution in [0.1, 0.15) is 26.7 Å². The van der Waals surface area contributed by atoms with Crippen LogP contribution >= 0.6 is 0 Å². The minimum Gasteiger partial charge on any atom is -0.384 e. The Bertz CT molecular complexity index is 360. The van der Waals surface area contributed by atoms with Gasteiger partial charge in [-0.25, -0.2) is 4.98 Å². The molecule has 1 aromatic heterocycles. The molecule has 0 spiro atoms. The van der Waals surface area contributed by atoms with Crippen LogP contribution in [0.15, 0.2) is 18.3 Å². The van der Waals surface area contributed by atoms with Gasteiger partial charge in [-0.2, -0.15) is 0 Å². The Hall–Kier alpha value is -1.29. The molecule has 4 heteroatoms. The van der Waals surface area contributed by atoms with Gasteiger partial charge in [0.25, 0.3) is 0 Å². The summed E-state index contributed by atoms with van der Waals surface area (Å²) in [6.45, 7) is 9.01. The van der Waals surface area contributed by atoms with Gasteiger partial charge in [0, 0.05) is 19.6 Å². The van der Waals surface area contributed by atoms with Crippen molar-refractivity contribution in [3.05, 3.63) is 18.3 Å². The zero-order valence-electron chi connectivity index (χ0n) is 12.1. The van der Waals surface area contributed by atoms with E-state index >= 15 is 0 Å². The van der Waals surface area contributed by atoms with Crippen LogP contribution in [0.25, 0.3) is 0 Å². The van der Waals surface area contributed by atoms with E-state index in [4.69, 9.17) is 4.74 Å². The average molecular weight is 263 g/mol. The Morgan fingerprint density at radius 3 is 2.79 bits per heavy atom. The summed E-state index contributed by atoms with van der Waals surface area (Å²) in [5, 5.41) is 3.45. The van der Waals surface area contributed by atoms with E-state index in [0.717, 1.165) is 44.4 Å². The summed E-state index contributed by atoms with van der Waals surface area (Å²) < 4.78 is 5.35. The number of morpholine rings is 1. The standard InChI is InChI=1S/C15H25N3O/c1-3-4-13(2)11-16-14-5-6-15(17-12-14)18-7-9-19-10-8-18/h5-6,12-13,16H,3-4,7-11H2,1-2H3. The molecule has 106 valence electrons. The molecule has 0 bridgehead atoms. The highest BCUT2D eigenvalue weighted by molar-refractivity contribution is 5.48. The highest BCUT2D eigenvalue weighted by atomic mass is 16.5. The van der Waals surface area contributed by atoms with Crippen molar-refractivity contribution in [1.82, 2.24) is 4.98 Å². The molecule has 1 N–H and O–H groups in total. The van der Waals surface area contributed by atoms with Crippen LogP contribution in [0.3, 0.4) is 0 Å². The lowest BCUT2D eigenvalue weighted by Gasteiger charge is -2.27. The highest BCUT2D eigenvalue weighted by Gasteiger charge is 2.11. The summed E-state index contributed by atoms with van der Waals surface area (Å²) in [7, 11) is 0. The normalized spacial score (nSPS) is 17.3. The van der Waals surface area contributed by atoms with Gasteiger partial charge in [-0.05, 0) is 24.5 Å². The second-order valence-electron chi connectivity index (χ2n) is 5.28. The molecule has 19 heavy (non-hydrogen) atoms. The minimum absolute atomic E-state index is 0.712. The molecule has 1 atom stereocenters. The largest absolute Gasteiger partial charge is 0.384 e. The number of rotatable bonds is 6. The van der Waals surface area contributed by atoms with Gasteiger partial charge in [-0.15, -0.1) is 0 Å². The van der Waals surface area contributed by atoms with Crippen molar-refractivity contribution in [2.45, 2.75) is 26.7 Å². The van der Waals surface area contributed by atoms with Gasteiger partial charge in [0.15, 0.2) is 0 Å². The number of ether oxygens (including phenoxy) is 1. The number of aromatic nitrogens is 1. The molecule has 0 saturated carbocycles. The second-order valence-corrected chi connectivity index (χ2v) is 5.28. The summed E-state index contributed by atoms with van der Waals surface area (Å²) in [4.78, 5) is 6.80. The number of nitrogens with zero attached hydrogens (tertiary/aromatic N) is 2. The average Bonchev–Trinajstić information content (AvgIpc) is 2.47. The first-order valence-corrected chi connectivity index (χ1v) is 7.32. The minimum atomic E-state index is 0.712. The molecule has 1 unspecified atom stereocenters. The second kappa shape index (κ2) is 7.34. The summed E-state index contributed by atoms with van der Waals surface area (Å²) in [5.74, 6) is 1.76. The molecular weight excluding hydrogens is 238 g/mol. The van der Waals surface area contributed by atoms with Crippen LogP contribution < -0.4 is 10.2 Å². The predicted octanol–water partition coefficient (Wildman–Crippen LogP) is 2.77. The molecule has 2 rings (SSSR count). The molecule has 1 fully saturated rings. The van der Waals surface area contributed by atoms with Crippen LogP contribution in [-0.2, 0) is 4.74 Å². The monoisotopic (exact) mass is 263 g/mol. The summed E-state index contributed by atoms with van der Waals surface area (Å²) >= 11 is 0. The van der Waals surface area contributed by atoms with Gasteiger partial charge < -0.3 is 15.0 Å². The maximum Gasteiger partial charge on any atom is 0.128 e. The zero-order chi connectivity index (χ0) is 13.5. The van der Waals surface area contributed by atoms with E-state index in [0.29, 0.717) is 5.92 Å².